The van der Waals surface area contributed by atoms with Crippen molar-refractivity contribution in [1.82, 2.24) is 10.2 Å². The van der Waals surface area contributed by atoms with E-state index < -0.39 is 0 Å². The highest BCUT2D eigenvalue weighted by atomic mass is 16.3. The van der Waals surface area contributed by atoms with Crippen molar-refractivity contribution >= 4 is 5.82 Å². The van der Waals surface area contributed by atoms with E-state index in [2.05, 4.69) is 15.1 Å². The fraction of sp³-hybridized carbons (Fsp3) is 0.375. The Balaban J connectivity index is 1.82. The van der Waals surface area contributed by atoms with Crippen LogP contribution in [0.4, 0.5) is 5.82 Å². The Bertz CT molecular complexity index is 541. The van der Waals surface area contributed by atoms with Crippen molar-refractivity contribution in [3.05, 3.63) is 42.5 Å². The van der Waals surface area contributed by atoms with E-state index in [1.807, 2.05) is 42.5 Å². The van der Waals surface area contributed by atoms with Crippen LogP contribution in [0.2, 0.25) is 0 Å². The number of hydrogen-bond donors (Lipinski definition) is 1. The highest BCUT2D eigenvalue weighted by Crippen LogP contribution is 2.24. The van der Waals surface area contributed by atoms with Gasteiger partial charge in [0.15, 0.2) is 5.82 Å². The summed E-state index contributed by atoms with van der Waals surface area (Å²) in [5.74, 6) is 0.864. The lowest BCUT2D eigenvalue weighted by Crippen LogP contribution is -2.42. The minimum Gasteiger partial charge on any atom is -0.394 e. The molecule has 1 aromatic heterocycles. The lowest BCUT2D eigenvalue weighted by Gasteiger charge is -2.35. The Kier molecular flexibility index (Phi) is 3.92. The lowest BCUT2D eigenvalue weighted by molar-refractivity contribution is 0.239. The van der Waals surface area contributed by atoms with Gasteiger partial charge in [0.25, 0.3) is 0 Å². The molecular weight excluding hydrogens is 250 g/mol. The van der Waals surface area contributed by atoms with E-state index in [-0.39, 0.29) is 12.6 Å². The quantitative estimate of drug-likeness (QED) is 0.930. The van der Waals surface area contributed by atoms with E-state index in [0.717, 1.165) is 36.5 Å². The summed E-state index contributed by atoms with van der Waals surface area (Å²) in [6, 6.07) is 14.2. The van der Waals surface area contributed by atoms with E-state index in [0.29, 0.717) is 0 Å². The molecule has 3 rings (SSSR count). The van der Waals surface area contributed by atoms with Gasteiger partial charge in [-0.25, -0.2) is 0 Å². The third-order valence-electron chi connectivity index (χ3n) is 3.85. The monoisotopic (exact) mass is 269 g/mol. The third-order valence-corrected chi connectivity index (χ3v) is 3.85. The van der Waals surface area contributed by atoms with Crippen LogP contribution >= 0.6 is 0 Å². The fourth-order valence-corrected chi connectivity index (χ4v) is 2.73. The van der Waals surface area contributed by atoms with Crippen molar-refractivity contribution < 1.29 is 5.11 Å². The summed E-state index contributed by atoms with van der Waals surface area (Å²) in [7, 11) is 0. The minimum atomic E-state index is 0.181. The molecule has 0 saturated carbocycles. The molecule has 0 amide bonds. The molecule has 2 aromatic rings. The molecule has 20 heavy (non-hydrogen) atoms. The van der Waals surface area contributed by atoms with E-state index >= 15 is 0 Å². The summed E-state index contributed by atoms with van der Waals surface area (Å²) in [5.41, 5.74) is 1.95. The number of hydrogen-bond acceptors (Lipinski definition) is 4. The van der Waals surface area contributed by atoms with Crippen LogP contribution in [-0.2, 0) is 0 Å². The van der Waals surface area contributed by atoms with Gasteiger partial charge in [-0.15, -0.1) is 10.2 Å². The average Bonchev–Trinajstić information content (AvgIpc) is 2.56. The molecule has 1 N–H and O–H groups in total. The van der Waals surface area contributed by atoms with E-state index in [9.17, 15) is 5.11 Å². The van der Waals surface area contributed by atoms with Crippen LogP contribution in [0.25, 0.3) is 11.3 Å². The van der Waals surface area contributed by atoms with Gasteiger partial charge in [0.1, 0.15) is 0 Å². The second-order valence-corrected chi connectivity index (χ2v) is 5.17. The predicted molar refractivity (Wildman–Crippen MR) is 79.5 cm³/mol. The first-order chi connectivity index (χ1) is 9.88. The van der Waals surface area contributed by atoms with Crippen LogP contribution in [0.1, 0.15) is 19.3 Å². The second-order valence-electron chi connectivity index (χ2n) is 5.17. The standard InChI is InChI=1S/C16H19N3O/c20-12-14-8-4-5-11-19(14)16-10-9-15(17-18-16)13-6-2-1-3-7-13/h1-3,6-7,9-10,14,20H,4-5,8,11-12H2. The van der Waals surface area contributed by atoms with Crippen LogP contribution in [0.3, 0.4) is 0 Å². The van der Waals surface area contributed by atoms with Crippen LogP contribution in [0, 0.1) is 0 Å². The van der Waals surface area contributed by atoms with Crippen LogP contribution in [-0.4, -0.2) is 34.5 Å². The Morgan fingerprint density at radius 1 is 1.05 bits per heavy atom. The number of rotatable bonds is 3. The first-order valence-electron chi connectivity index (χ1n) is 7.15. The van der Waals surface area contributed by atoms with Gasteiger partial charge in [-0.05, 0) is 31.4 Å². The molecule has 2 heterocycles. The number of piperidine rings is 1. The molecule has 4 heteroatoms. The zero-order valence-corrected chi connectivity index (χ0v) is 11.4. The van der Waals surface area contributed by atoms with Crippen LogP contribution in [0.5, 0.6) is 0 Å². The first kappa shape index (κ1) is 13.1. The number of aliphatic hydroxyl groups excluding tert-OH is 1. The number of benzene rings is 1. The van der Waals surface area contributed by atoms with Crippen molar-refractivity contribution in [2.75, 3.05) is 18.1 Å². The topological polar surface area (TPSA) is 49.2 Å². The average molecular weight is 269 g/mol. The summed E-state index contributed by atoms with van der Waals surface area (Å²) in [6.07, 6.45) is 3.36. The van der Waals surface area contributed by atoms with Gasteiger partial charge >= 0.3 is 0 Å². The van der Waals surface area contributed by atoms with Gasteiger partial charge < -0.3 is 10.0 Å². The maximum atomic E-state index is 9.47. The highest BCUT2D eigenvalue weighted by Gasteiger charge is 2.23. The second kappa shape index (κ2) is 6.01. The summed E-state index contributed by atoms with van der Waals surface area (Å²) >= 11 is 0. The number of aliphatic hydroxyl groups is 1. The van der Waals surface area contributed by atoms with Gasteiger partial charge in [0.2, 0.25) is 0 Å². The SMILES string of the molecule is OCC1CCCCN1c1ccc(-c2ccccc2)nn1. The first-order valence-corrected chi connectivity index (χ1v) is 7.15. The zero-order chi connectivity index (χ0) is 13.8. The van der Waals surface area contributed by atoms with Gasteiger partial charge in [0, 0.05) is 12.1 Å². The summed E-state index contributed by atoms with van der Waals surface area (Å²) in [5, 5.41) is 18.1. The summed E-state index contributed by atoms with van der Waals surface area (Å²) in [4.78, 5) is 2.17. The molecule has 1 atom stereocenters. The molecule has 1 saturated heterocycles. The minimum absolute atomic E-state index is 0.181. The maximum Gasteiger partial charge on any atom is 0.151 e. The summed E-state index contributed by atoms with van der Waals surface area (Å²) in [6.45, 7) is 1.13. The normalized spacial score (nSPS) is 19.1. The zero-order valence-electron chi connectivity index (χ0n) is 11.4. The maximum absolute atomic E-state index is 9.47. The van der Waals surface area contributed by atoms with E-state index in [1.165, 1.54) is 6.42 Å². The number of aromatic nitrogens is 2. The molecular formula is C16H19N3O. The van der Waals surface area contributed by atoms with E-state index in [4.69, 9.17) is 0 Å². The molecule has 0 spiro atoms. The van der Waals surface area contributed by atoms with Gasteiger partial charge in [0.05, 0.1) is 18.3 Å². The largest absolute Gasteiger partial charge is 0.394 e. The summed E-state index contributed by atoms with van der Waals surface area (Å²) < 4.78 is 0. The van der Waals surface area contributed by atoms with Crippen molar-refractivity contribution in [1.29, 1.82) is 0 Å². The van der Waals surface area contributed by atoms with Crippen molar-refractivity contribution in [2.24, 2.45) is 0 Å². The molecule has 1 aliphatic heterocycles. The Morgan fingerprint density at radius 3 is 2.60 bits per heavy atom. The molecule has 0 radical (unpaired) electrons. The number of nitrogens with zero attached hydrogens (tertiary/aromatic N) is 3. The fourth-order valence-electron chi connectivity index (χ4n) is 2.73. The molecule has 0 bridgehead atoms. The molecule has 1 aromatic carbocycles. The van der Waals surface area contributed by atoms with Gasteiger partial charge in [-0.3, -0.25) is 0 Å². The Hall–Kier alpha value is -1.94. The van der Waals surface area contributed by atoms with E-state index in [1.54, 1.807) is 0 Å². The van der Waals surface area contributed by atoms with Gasteiger partial charge in [-0.1, -0.05) is 30.3 Å². The molecule has 104 valence electrons. The molecule has 1 unspecified atom stereocenters. The number of anilines is 1. The Labute approximate surface area is 119 Å². The Morgan fingerprint density at radius 2 is 1.90 bits per heavy atom. The van der Waals surface area contributed by atoms with Crippen LogP contribution < -0.4 is 4.90 Å². The smallest absolute Gasteiger partial charge is 0.151 e. The lowest BCUT2D eigenvalue weighted by atomic mass is 10.0. The molecule has 1 fully saturated rings. The molecule has 0 aliphatic carbocycles. The molecule has 1 aliphatic rings. The third kappa shape index (κ3) is 2.65. The van der Waals surface area contributed by atoms with Crippen LogP contribution in [0.15, 0.2) is 42.5 Å². The highest BCUT2D eigenvalue weighted by molar-refractivity contribution is 5.59. The van der Waals surface area contributed by atoms with Crippen molar-refractivity contribution in [2.45, 2.75) is 25.3 Å². The van der Waals surface area contributed by atoms with Gasteiger partial charge in [-0.2, -0.15) is 0 Å². The van der Waals surface area contributed by atoms with Crippen molar-refractivity contribution in [3.8, 4) is 11.3 Å². The molecule has 4 nitrogen and oxygen atoms in total. The predicted octanol–water partition coefficient (Wildman–Crippen LogP) is 2.49. The van der Waals surface area contributed by atoms with Crippen molar-refractivity contribution in [3.63, 3.8) is 0 Å².